The predicted octanol–water partition coefficient (Wildman–Crippen LogP) is 1.26. The van der Waals surface area contributed by atoms with Crippen LogP contribution < -0.4 is 5.32 Å². The van der Waals surface area contributed by atoms with Gasteiger partial charge < -0.3 is 15.2 Å². The second-order valence-corrected chi connectivity index (χ2v) is 4.09. The zero-order valence-corrected chi connectivity index (χ0v) is 10.2. The van der Waals surface area contributed by atoms with Crippen LogP contribution in [0, 0.1) is 0 Å². The van der Waals surface area contributed by atoms with Crippen LogP contribution in [0.2, 0.25) is 0 Å². The smallest absolute Gasteiger partial charge is 0.246 e. The van der Waals surface area contributed by atoms with Crippen LogP contribution in [0.3, 0.4) is 0 Å². The van der Waals surface area contributed by atoms with Gasteiger partial charge in [-0.25, -0.2) is 0 Å². The third-order valence-electron chi connectivity index (χ3n) is 2.22. The topological polar surface area (TPSA) is 58.6 Å². The molecule has 1 aromatic carbocycles. The van der Waals surface area contributed by atoms with Gasteiger partial charge in [-0.2, -0.15) is 0 Å². The molecular weight excluding hydrogens is 218 g/mol. The van der Waals surface area contributed by atoms with Gasteiger partial charge in [0.1, 0.15) is 6.61 Å². The monoisotopic (exact) mass is 237 g/mol. The molecule has 17 heavy (non-hydrogen) atoms. The summed E-state index contributed by atoms with van der Waals surface area (Å²) >= 11 is 0. The Labute approximate surface area is 102 Å². The highest BCUT2D eigenvalue weighted by Gasteiger charge is 2.09. The molecule has 0 aliphatic heterocycles. The van der Waals surface area contributed by atoms with E-state index in [9.17, 15) is 9.90 Å². The second kappa shape index (κ2) is 7.04. The lowest BCUT2D eigenvalue weighted by Crippen LogP contribution is -2.32. The van der Waals surface area contributed by atoms with Gasteiger partial charge in [-0.1, -0.05) is 30.3 Å². The van der Waals surface area contributed by atoms with Crippen molar-refractivity contribution in [2.75, 3.05) is 13.2 Å². The van der Waals surface area contributed by atoms with Gasteiger partial charge in [-0.15, -0.1) is 0 Å². The Balaban J connectivity index is 2.29. The summed E-state index contributed by atoms with van der Waals surface area (Å²) < 4.78 is 5.15. The van der Waals surface area contributed by atoms with Crippen molar-refractivity contribution in [3.05, 3.63) is 35.9 Å². The van der Waals surface area contributed by atoms with E-state index in [0.29, 0.717) is 0 Å². The third kappa shape index (κ3) is 5.47. The Kier molecular flexibility index (Phi) is 5.66. The molecule has 0 saturated carbocycles. The van der Waals surface area contributed by atoms with Crippen LogP contribution in [0.25, 0.3) is 0 Å². The Morgan fingerprint density at radius 3 is 2.59 bits per heavy atom. The van der Waals surface area contributed by atoms with Crippen molar-refractivity contribution in [1.82, 2.24) is 5.32 Å². The molecule has 0 heterocycles. The highest BCUT2D eigenvalue weighted by Crippen LogP contribution is 2.10. The minimum Gasteiger partial charge on any atom is -0.387 e. The molecule has 0 aliphatic rings. The minimum atomic E-state index is -0.681. The number of carbonyl (C=O) groups is 1. The van der Waals surface area contributed by atoms with Crippen LogP contribution in [0.4, 0.5) is 0 Å². The van der Waals surface area contributed by atoms with Gasteiger partial charge in [0.15, 0.2) is 0 Å². The van der Waals surface area contributed by atoms with Gasteiger partial charge in [0.25, 0.3) is 0 Å². The summed E-state index contributed by atoms with van der Waals surface area (Å²) in [7, 11) is 0. The average molecular weight is 237 g/mol. The summed E-state index contributed by atoms with van der Waals surface area (Å²) in [5, 5.41) is 12.4. The number of nitrogens with one attached hydrogen (secondary N) is 1. The van der Waals surface area contributed by atoms with Crippen molar-refractivity contribution in [1.29, 1.82) is 0 Å². The van der Waals surface area contributed by atoms with Crippen molar-refractivity contribution >= 4 is 5.91 Å². The highest BCUT2D eigenvalue weighted by molar-refractivity contribution is 5.77. The lowest BCUT2D eigenvalue weighted by molar-refractivity contribution is -0.127. The van der Waals surface area contributed by atoms with E-state index in [-0.39, 0.29) is 25.2 Å². The van der Waals surface area contributed by atoms with Gasteiger partial charge in [0, 0.05) is 6.54 Å². The highest BCUT2D eigenvalue weighted by atomic mass is 16.5. The van der Waals surface area contributed by atoms with E-state index in [1.54, 1.807) is 0 Å². The predicted molar refractivity (Wildman–Crippen MR) is 65.5 cm³/mol. The average Bonchev–Trinajstić information content (AvgIpc) is 2.34. The number of ether oxygens (including phenoxy) is 1. The molecule has 1 amide bonds. The summed E-state index contributed by atoms with van der Waals surface area (Å²) in [6.07, 6.45) is -0.654. The van der Waals surface area contributed by atoms with Crippen LogP contribution in [0.15, 0.2) is 30.3 Å². The first-order chi connectivity index (χ1) is 8.09. The van der Waals surface area contributed by atoms with Gasteiger partial charge >= 0.3 is 0 Å². The first kappa shape index (κ1) is 13.7. The molecule has 1 atom stereocenters. The van der Waals surface area contributed by atoms with Crippen LogP contribution in [0.5, 0.6) is 0 Å². The second-order valence-electron chi connectivity index (χ2n) is 4.09. The van der Waals surface area contributed by atoms with Crippen molar-refractivity contribution in [3.8, 4) is 0 Å². The van der Waals surface area contributed by atoms with E-state index in [4.69, 9.17) is 4.74 Å². The molecule has 4 nitrogen and oxygen atoms in total. The lowest BCUT2D eigenvalue weighted by atomic mass is 10.1. The van der Waals surface area contributed by atoms with Gasteiger partial charge in [-0.05, 0) is 19.4 Å². The van der Waals surface area contributed by atoms with Crippen LogP contribution in [-0.4, -0.2) is 30.3 Å². The molecule has 1 aromatic rings. The largest absolute Gasteiger partial charge is 0.387 e. The summed E-state index contributed by atoms with van der Waals surface area (Å²) in [5.74, 6) is -0.214. The molecule has 0 bridgehead atoms. The molecule has 0 saturated heterocycles. The van der Waals surface area contributed by atoms with E-state index in [2.05, 4.69) is 5.32 Å². The summed E-state index contributed by atoms with van der Waals surface area (Å²) in [6, 6.07) is 9.22. The molecule has 0 fully saturated rings. The number of aliphatic hydroxyl groups is 1. The van der Waals surface area contributed by atoms with E-state index in [1.165, 1.54) is 0 Å². The zero-order chi connectivity index (χ0) is 12.7. The summed E-state index contributed by atoms with van der Waals surface area (Å²) in [6.45, 7) is 3.96. The van der Waals surface area contributed by atoms with Crippen molar-refractivity contribution < 1.29 is 14.6 Å². The van der Waals surface area contributed by atoms with Crippen LogP contribution in [0.1, 0.15) is 25.5 Å². The maximum Gasteiger partial charge on any atom is 0.246 e. The SMILES string of the molecule is CC(C)OCC(=O)NCC(O)c1ccccc1. The van der Waals surface area contributed by atoms with Crippen molar-refractivity contribution in [3.63, 3.8) is 0 Å². The zero-order valence-electron chi connectivity index (χ0n) is 10.2. The quantitative estimate of drug-likeness (QED) is 0.783. The Bertz CT molecular complexity index is 338. The number of benzene rings is 1. The number of rotatable bonds is 6. The molecule has 0 aliphatic carbocycles. The van der Waals surface area contributed by atoms with Gasteiger partial charge in [-0.3, -0.25) is 4.79 Å². The third-order valence-corrected chi connectivity index (χ3v) is 2.22. The molecule has 2 N–H and O–H groups in total. The van der Waals surface area contributed by atoms with Crippen molar-refractivity contribution in [2.45, 2.75) is 26.1 Å². The number of aliphatic hydroxyl groups excluding tert-OH is 1. The number of carbonyl (C=O) groups excluding carboxylic acids is 1. The maximum atomic E-state index is 11.3. The Morgan fingerprint density at radius 2 is 2.00 bits per heavy atom. The molecule has 4 heteroatoms. The number of amides is 1. The molecule has 0 spiro atoms. The fourth-order valence-corrected chi connectivity index (χ4v) is 1.30. The molecule has 0 radical (unpaired) electrons. The summed E-state index contributed by atoms with van der Waals surface area (Å²) in [4.78, 5) is 11.3. The first-order valence-corrected chi connectivity index (χ1v) is 5.71. The minimum absolute atomic E-state index is 0.0270. The fraction of sp³-hybridized carbons (Fsp3) is 0.462. The maximum absolute atomic E-state index is 11.3. The lowest BCUT2D eigenvalue weighted by Gasteiger charge is -2.13. The van der Waals surface area contributed by atoms with E-state index in [0.717, 1.165) is 5.56 Å². The first-order valence-electron chi connectivity index (χ1n) is 5.71. The fourth-order valence-electron chi connectivity index (χ4n) is 1.30. The number of hydrogen-bond donors (Lipinski definition) is 2. The molecule has 1 unspecified atom stereocenters. The van der Waals surface area contributed by atoms with E-state index < -0.39 is 6.10 Å². The van der Waals surface area contributed by atoms with Crippen LogP contribution in [-0.2, 0) is 9.53 Å². The normalized spacial score (nSPS) is 12.5. The molecule has 1 rings (SSSR count). The molecular formula is C13H19NO3. The standard InChI is InChI=1S/C13H19NO3/c1-10(2)17-9-13(16)14-8-12(15)11-6-4-3-5-7-11/h3-7,10,12,15H,8-9H2,1-2H3,(H,14,16). The molecule has 94 valence electrons. The van der Waals surface area contributed by atoms with Crippen molar-refractivity contribution in [2.24, 2.45) is 0 Å². The summed E-state index contributed by atoms with van der Waals surface area (Å²) in [5.41, 5.74) is 0.789. The van der Waals surface area contributed by atoms with Gasteiger partial charge in [0.2, 0.25) is 5.91 Å². The Hall–Kier alpha value is -1.39. The number of hydrogen-bond acceptors (Lipinski definition) is 3. The van der Waals surface area contributed by atoms with E-state index in [1.807, 2.05) is 44.2 Å². The van der Waals surface area contributed by atoms with E-state index >= 15 is 0 Å². The van der Waals surface area contributed by atoms with Gasteiger partial charge in [0.05, 0.1) is 12.2 Å². The molecule has 0 aromatic heterocycles. The Morgan fingerprint density at radius 1 is 1.35 bits per heavy atom. The van der Waals surface area contributed by atoms with Crippen LogP contribution >= 0.6 is 0 Å².